The van der Waals surface area contributed by atoms with Crippen LogP contribution in [-0.4, -0.2) is 384 Å². The monoisotopic (exact) mass is 1720 g/mol. The standard InChI is InChI=1S/C29H52O11S.C22H46O9.C16H26O7S.C9H20O5.2CO2/c1-27-5-7-28(8-6-27)41(30,31)40-26-25-39-24-23-38-22-21-37-20-19-36-18-17-35-16-15-34-14-13-33-12-11-32-10-9-29(2,3)4;1-22(2,3)4-6-24-8-10-26-12-14-28-16-18-30-20-21-31-19-17-29-15-13-27-11-9-25-7-5-23;1-15-3-5-16(6-4-15)24(17,18)23-14-13-22-12-11-21-10-9-20-8-7-19-2;1-11-4-5-13-8-9-14-7-6-12-3-2-10;2*2-1-3/h5-8H,9-26H2,1-4H3;23H,4-21H2,1-3H3;3-6H,7-14H2,1-2H3;10H,2-9H2,1H3;;. The van der Waals surface area contributed by atoms with Gasteiger partial charge in [0.25, 0.3) is 20.2 Å². The molecule has 36 nitrogen and oxygen atoms in total. The van der Waals surface area contributed by atoms with Crippen molar-refractivity contribution in [2.45, 2.75) is 78.0 Å². The Morgan fingerprint density at radius 2 is 0.379 bits per heavy atom. The summed E-state index contributed by atoms with van der Waals surface area (Å²) in [6.45, 7) is 40.2. The van der Waals surface area contributed by atoms with Gasteiger partial charge in [0.1, 0.15) is 0 Å². The van der Waals surface area contributed by atoms with E-state index in [2.05, 4.69) is 41.5 Å². The van der Waals surface area contributed by atoms with Crippen molar-refractivity contribution in [3.8, 4) is 0 Å². The van der Waals surface area contributed by atoms with Crippen molar-refractivity contribution in [3.63, 3.8) is 0 Å². The molecule has 0 saturated heterocycles. The summed E-state index contributed by atoms with van der Waals surface area (Å²) < 4.78 is 185. The van der Waals surface area contributed by atoms with E-state index in [0.717, 1.165) is 37.2 Å². The zero-order valence-electron chi connectivity index (χ0n) is 71.0. The van der Waals surface area contributed by atoms with E-state index in [1.54, 1.807) is 38.5 Å². The molecule has 38 heteroatoms. The van der Waals surface area contributed by atoms with Gasteiger partial charge in [-0.15, -0.1) is 0 Å². The molecule has 0 bridgehead atoms. The largest absolute Gasteiger partial charge is 0.394 e. The summed E-state index contributed by atoms with van der Waals surface area (Å²) >= 11 is 0. The van der Waals surface area contributed by atoms with Crippen LogP contribution in [0, 0.1) is 24.7 Å². The topological polar surface area (TPSA) is 417 Å². The smallest absolute Gasteiger partial charge is 0.373 e. The number of ether oxygens (including phenoxy) is 24. The minimum Gasteiger partial charge on any atom is -0.394 e. The molecule has 2 aromatic carbocycles. The van der Waals surface area contributed by atoms with Gasteiger partial charge < -0.3 is 124 Å². The molecular weight excluding hydrogens is 1580 g/mol. The Morgan fingerprint density at radius 3 is 0.526 bits per heavy atom. The fraction of sp³-hybridized carbons (Fsp3) is 0.821. The summed E-state index contributed by atoms with van der Waals surface area (Å²) in [6.07, 6.45) is 2.59. The number of hydrogen-bond acceptors (Lipinski definition) is 36. The molecule has 0 radical (unpaired) electrons. The average molecular weight is 1720 g/mol. The number of hydrogen-bond donors (Lipinski definition) is 2. The summed E-state index contributed by atoms with van der Waals surface area (Å²) in [5.74, 6) is 0. The van der Waals surface area contributed by atoms with Crippen molar-refractivity contribution in [3.05, 3.63) is 59.7 Å². The number of methoxy groups -OCH3 is 2. The second kappa shape index (κ2) is 93.3. The molecule has 0 unspecified atom stereocenters. The van der Waals surface area contributed by atoms with Gasteiger partial charge in [-0.25, -0.2) is 0 Å². The molecule has 0 spiro atoms. The Labute approximate surface area is 690 Å². The summed E-state index contributed by atoms with van der Waals surface area (Å²) in [6, 6.07) is 13.0. The van der Waals surface area contributed by atoms with Gasteiger partial charge in [0.2, 0.25) is 0 Å². The Morgan fingerprint density at radius 1 is 0.241 bits per heavy atom. The number of aliphatic hydroxyl groups is 2. The molecule has 0 aliphatic heterocycles. The Kier molecular flexibility index (Phi) is 95.1. The first-order valence-electron chi connectivity index (χ1n) is 38.9. The Hall–Kier alpha value is -4.02. The Bertz CT molecular complexity index is 2550. The van der Waals surface area contributed by atoms with Gasteiger partial charge in [-0.1, -0.05) is 76.9 Å². The van der Waals surface area contributed by atoms with Crippen LogP contribution in [0.15, 0.2) is 58.3 Å². The maximum Gasteiger partial charge on any atom is 0.373 e. The predicted molar refractivity (Wildman–Crippen MR) is 423 cm³/mol. The van der Waals surface area contributed by atoms with Crippen molar-refractivity contribution in [2.24, 2.45) is 10.8 Å². The maximum absolute atomic E-state index is 12.1. The van der Waals surface area contributed by atoms with Gasteiger partial charge >= 0.3 is 12.3 Å². The summed E-state index contributed by atoms with van der Waals surface area (Å²) in [5, 5.41) is 16.9. The van der Waals surface area contributed by atoms with Gasteiger partial charge in [-0.05, 0) is 61.8 Å². The van der Waals surface area contributed by atoms with Crippen molar-refractivity contribution in [1.29, 1.82) is 0 Å². The molecule has 684 valence electrons. The molecule has 2 rings (SSSR count). The van der Waals surface area contributed by atoms with Crippen LogP contribution >= 0.6 is 0 Å². The van der Waals surface area contributed by atoms with Crippen LogP contribution in [0.3, 0.4) is 0 Å². The van der Waals surface area contributed by atoms with E-state index in [9.17, 15) is 16.8 Å². The van der Waals surface area contributed by atoms with E-state index in [0.29, 0.717) is 288 Å². The van der Waals surface area contributed by atoms with E-state index >= 15 is 0 Å². The number of aliphatic hydroxyl groups excluding tert-OH is 2. The lowest BCUT2D eigenvalue weighted by Crippen LogP contribution is -2.15. The lowest BCUT2D eigenvalue weighted by Gasteiger charge is -2.17. The highest BCUT2D eigenvalue weighted by Crippen LogP contribution is 2.19. The fourth-order valence-corrected chi connectivity index (χ4v) is 9.27. The van der Waals surface area contributed by atoms with Crippen molar-refractivity contribution < 1.29 is 168 Å². The molecule has 2 aromatic rings. The van der Waals surface area contributed by atoms with E-state index < -0.39 is 20.2 Å². The number of aryl methyl sites for hydroxylation is 2. The number of carbonyl (C=O) groups excluding carboxylic acids is 4. The second-order valence-corrected chi connectivity index (χ2v) is 29.1. The molecule has 0 aliphatic carbocycles. The SMILES string of the molecule is CC(C)(C)CCOCCOCCOCCOCCOCCOCCOCCOCCO.COCCOCCOCCOCCO.COCCOCCOCCOCCOS(=O)(=O)c1ccc(C)cc1.Cc1ccc(S(=O)(=O)OCCOCCOCCOCCOCCOCCOCCOCCOCCC(C)(C)C)cc1.O=C=O.O=C=O. The molecule has 0 heterocycles. The van der Waals surface area contributed by atoms with E-state index in [-0.39, 0.29) is 61.7 Å². The zero-order valence-corrected chi connectivity index (χ0v) is 72.6. The van der Waals surface area contributed by atoms with Gasteiger partial charge in [0.05, 0.1) is 327 Å². The summed E-state index contributed by atoms with van der Waals surface area (Å²) in [4.78, 5) is 32.8. The van der Waals surface area contributed by atoms with Gasteiger partial charge in [0.15, 0.2) is 0 Å². The Balaban J connectivity index is -0.000000741. The molecule has 0 fully saturated rings. The lowest BCUT2D eigenvalue weighted by molar-refractivity contribution is -0.193. The summed E-state index contributed by atoms with van der Waals surface area (Å²) in [5.41, 5.74) is 2.57. The fourth-order valence-electron chi connectivity index (χ4n) is 7.49. The molecule has 0 saturated carbocycles. The van der Waals surface area contributed by atoms with E-state index in [1.165, 1.54) is 24.3 Å². The van der Waals surface area contributed by atoms with Crippen LogP contribution in [0.25, 0.3) is 0 Å². The van der Waals surface area contributed by atoms with Gasteiger partial charge in [0, 0.05) is 27.4 Å². The zero-order chi connectivity index (χ0) is 86.5. The first-order chi connectivity index (χ1) is 56.1. The third-order valence-corrected chi connectivity index (χ3v) is 16.2. The molecule has 116 heavy (non-hydrogen) atoms. The normalized spacial score (nSPS) is 11.4. The quantitative estimate of drug-likeness (QED) is 0.0668. The van der Waals surface area contributed by atoms with Crippen molar-refractivity contribution >= 4 is 32.5 Å². The average Bonchev–Trinajstić information content (AvgIpc) is 0.855. The number of benzene rings is 2. The van der Waals surface area contributed by atoms with Crippen molar-refractivity contribution in [2.75, 3.05) is 345 Å². The number of rotatable bonds is 78. The third kappa shape index (κ3) is 101. The molecular formula is C78H144O36S2. The highest BCUT2D eigenvalue weighted by Gasteiger charge is 2.16. The van der Waals surface area contributed by atoms with Gasteiger partial charge in [-0.3, -0.25) is 8.37 Å². The van der Waals surface area contributed by atoms with E-state index in [4.69, 9.17) is 151 Å². The van der Waals surface area contributed by atoms with Crippen LogP contribution in [0.1, 0.15) is 65.5 Å². The molecule has 0 aromatic heterocycles. The minimum absolute atomic E-state index is 0.0314. The van der Waals surface area contributed by atoms with Crippen LogP contribution in [0.5, 0.6) is 0 Å². The lowest BCUT2D eigenvalue weighted by atomic mass is 9.93. The second-order valence-electron chi connectivity index (χ2n) is 25.9. The first-order valence-corrected chi connectivity index (χ1v) is 41.7. The van der Waals surface area contributed by atoms with Crippen LogP contribution < -0.4 is 0 Å². The van der Waals surface area contributed by atoms with Crippen molar-refractivity contribution in [1.82, 2.24) is 0 Å². The molecule has 2 N–H and O–H groups in total. The van der Waals surface area contributed by atoms with Gasteiger partial charge in [-0.2, -0.15) is 36.0 Å². The van der Waals surface area contributed by atoms with Crippen LogP contribution in [0.4, 0.5) is 0 Å². The van der Waals surface area contributed by atoms with Crippen LogP contribution in [-0.2, 0) is 161 Å². The minimum atomic E-state index is -3.77. The first kappa shape index (κ1) is 118. The molecule has 0 atom stereocenters. The van der Waals surface area contributed by atoms with Crippen LogP contribution in [0.2, 0.25) is 0 Å². The summed E-state index contributed by atoms with van der Waals surface area (Å²) in [7, 11) is -4.24. The maximum atomic E-state index is 12.1. The third-order valence-electron chi connectivity index (χ3n) is 13.6. The highest BCUT2D eigenvalue weighted by molar-refractivity contribution is 7.87. The predicted octanol–water partition coefficient (Wildman–Crippen LogP) is 4.72. The highest BCUT2D eigenvalue weighted by atomic mass is 32.2. The van der Waals surface area contributed by atoms with E-state index in [1.807, 2.05) is 13.8 Å². The molecule has 0 amide bonds. The molecule has 0 aliphatic rings.